The summed E-state index contributed by atoms with van der Waals surface area (Å²) in [6, 6.07) is 14.0. The van der Waals surface area contributed by atoms with Gasteiger partial charge in [0.25, 0.3) is 0 Å². The van der Waals surface area contributed by atoms with Crippen molar-refractivity contribution in [2.24, 2.45) is 0 Å². The normalized spacial score (nSPS) is 16.3. The Hall–Kier alpha value is -1.83. The van der Waals surface area contributed by atoms with Gasteiger partial charge in [-0.1, -0.05) is 28.1 Å². The summed E-state index contributed by atoms with van der Waals surface area (Å²) < 4.78 is 19.0. The molecule has 0 bridgehead atoms. The lowest BCUT2D eigenvalue weighted by atomic mass is 10.2. The fraction of sp³-hybridized carbons (Fsp3) is 0.300. The number of nitrogens with one attached hydrogen (secondary N) is 1. The van der Waals surface area contributed by atoms with Gasteiger partial charge in [-0.3, -0.25) is 4.21 Å². The van der Waals surface area contributed by atoms with Crippen LogP contribution in [-0.4, -0.2) is 32.6 Å². The average Bonchev–Trinajstić information content (AvgIpc) is 2.69. The molecule has 3 aromatic rings. The van der Waals surface area contributed by atoms with Crippen LogP contribution in [0.5, 0.6) is 0 Å². The second kappa shape index (κ2) is 8.46. The van der Waals surface area contributed by atoms with Gasteiger partial charge in [0.05, 0.1) is 5.52 Å². The molecular weight excluding hydrogens is 426 g/mol. The van der Waals surface area contributed by atoms with Gasteiger partial charge in [-0.2, -0.15) is 0 Å². The fourth-order valence-corrected chi connectivity index (χ4v) is 5.05. The summed E-state index contributed by atoms with van der Waals surface area (Å²) in [6.07, 6.45) is 3.32. The van der Waals surface area contributed by atoms with Crippen LogP contribution in [0.25, 0.3) is 10.9 Å². The van der Waals surface area contributed by atoms with Crippen molar-refractivity contribution < 1.29 is 8.95 Å². The fourth-order valence-electron chi connectivity index (χ4n) is 3.23. The summed E-state index contributed by atoms with van der Waals surface area (Å²) >= 11 is 3.50. The molecule has 1 atom stereocenters. The predicted octanol–water partition coefficient (Wildman–Crippen LogP) is 4.56. The molecule has 7 heteroatoms. The number of ether oxygens (including phenoxy) is 1. The lowest BCUT2D eigenvalue weighted by Crippen LogP contribution is -2.25. The number of hydrogen-bond acceptors (Lipinski definition) is 5. The van der Waals surface area contributed by atoms with Crippen molar-refractivity contribution in [2.75, 3.05) is 18.5 Å². The van der Waals surface area contributed by atoms with Crippen LogP contribution in [0.1, 0.15) is 18.4 Å². The Labute approximate surface area is 169 Å². The second-order valence-corrected chi connectivity index (χ2v) is 9.18. The zero-order chi connectivity index (χ0) is 18.6. The van der Waals surface area contributed by atoms with Gasteiger partial charge in [0.2, 0.25) is 0 Å². The molecule has 4 rings (SSSR count). The maximum absolute atomic E-state index is 12.7. The van der Waals surface area contributed by atoms with Gasteiger partial charge in [0.1, 0.15) is 12.1 Å². The number of benzene rings is 2. The van der Waals surface area contributed by atoms with Gasteiger partial charge in [0, 0.05) is 50.6 Å². The largest absolute Gasteiger partial charge is 0.381 e. The predicted molar refractivity (Wildman–Crippen MR) is 113 cm³/mol. The van der Waals surface area contributed by atoms with E-state index in [1.807, 2.05) is 42.5 Å². The Kier molecular flexibility index (Phi) is 5.80. The van der Waals surface area contributed by atoms with E-state index < -0.39 is 10.8 Å². The number of anilines is 2. The third-order valence-corrected chi connectivity index (χ3v) is 6.96. The van der Waals surface area contributed by atoms with E-state index in [-0.39, 0.29) is 5.25 Å². The van der Waals surface area contributed by atoms with Crippen LogP contribution in [0.4, 0.5) is 11.5 Å². The van der Waals surface area contributed by atoms with E-state index in [0.717, 1.165) is 45.3 Å². The second-order valence-electron chi connectivity index (χ2n) is 6.55. The minimum absolute atomic E-state index is 0.235. The van der Waals surface area contributed by atoms with Crippen molar-refractivity contribution in [1.29, 1.82) is 0 Å². The molecule has 1 aliphatic rings. The third-order valence-electron chi connectivity index (χ3n) is 4.64. The van der Waals surface area contributed by atoms with E-state index in [9.17, 15) is 4.21 Å². The number of rotatable bonds is 5. The van der Waals surface area contributed by atoms with Crippen LogP contribution >= 0.6 is 15.9 Å². The van der Waals surface area contributed by atoms with Crippen molar-refractivity contribution in [3.8, 4) is 0 Å². The molecule has 1 unspecified atom stereocenters. The van der Waals surface area contributed by atoms with E-state index in [2.05, 4.69) is 31.2 Å². The Bertz CT molecular complexity index is 976. The first-order valence-corrected chi connectivity index (χ1v) is 11.1. The van der Waals surface area contributed by atoms with Crippen LogP contribution in [0.3, 0.4) is 0 Å². The van der Waals surface area contributed by atoms with Crippen molar-refractivity contribution in [3.05, 3.63) is 58.8 Å². The SMILES string of the molecule is O=S(Cc1cccc(Nc2ncnc3ccc(Br)cc23)c1)C1CCOCC1. The monoisotopic (exact) mass is 445 g/mol. The Morgan fingerprint density at radius 1 is 1.15 bits per heavy atom. The molecule has 140 valence electrons. The lowest BCUT2D eigenvalue weighted by molar-refractivity contribution is 0.0992. The third kappa shape index (κ3) is 4.54. The number of fused-ring (bicyclic) bond motifs is 1. The quantitative estimate of drug-likeness (QED) is 0.623. The van der Waals surface area contributed by atoms with Gasteiger partial charge in [-0.25, -0.2) is 9.97 Å². The highest BCUT2D eigenvalue weighted by molar-refractivity contribution is 9.10. The topological polar surface area (TPSA) is 64.1 Å². The van der Waals surface area contributed by atoms with Crippen molar-refractivity contribution in [1.82, 2.24) is 9.97 Å². The number of aromatic nitrogens is 2. The zero-order valence-corrected chi connectivity index (χ0v) is 17.1. The van der Waals surface area contributed by atoms with Crippen LogP contribution in [-0.2, 0) is 21.3 Å². The molecule has 1 N–H and O–H groups in total. The highest BCUT2D eigenvalue weighted by Gasteiger charge is 2.20. The summed E-state index contributed by atoms with van der Waals surface area (Å²) in [7, 11) is -0.877. The first-order chi connectivity index (χ1) is 13.2. The Balaban J connectivity index is 1.53. The van der Waals surface area contributed by atoms with Crippen LogP contribution in [0.2, 0.25) is 0 Å². The summed E-state index contributed by atoms with van der Waals surface area (Å²) in [5.41, 5.74) is 2.87. The standard InChI is InChI=1S/C20H20BrN3O2S/c21-15-4-5-19-18(11-15)20(23-13-22-19)24-16-3-1-2-14(10-16)12-27(25)17-6-8-26-9-7-17/h1-5,10-11,13,17H,6-9,12H2,(H,22,23,24). The van der Waals surface area contributed by atoms with Crippen LogP contribution in [0.15, 0.2) is 53.3 Å². The first kappa shape index (κ1) is 18.5. The van der Waals surface area contributed by atoms with Crippen LogP contribution in [0, 0.1) is 0 Å². The highest BCUT2D eigenvalue weighted by Crippen LogP contribution is 2.26. The molecule has 0 saturated carbocycles. The Morgan fingerprint density at radius 2 is 2.00 bits per heavy atom. The smallest absolute Gasteiger partial charge is 0.141 e. The molecular formula is C20H20BrN3O2S. The summed E-state index contributed by atoms with van der Waals surface area (Å²) in [5, 5.41) is 4.56. The molecule has 1 aliphatic heterocycles. The van der Waals surface area contributed by atoms with Crippen molar-refractivity contribution in [3.63, 3.8) is 0 Å². The summed E-state index contributed by atoms with van der Waals surface area (Å²) in [6.45, 7) is 1.43. The highest BCUT2D eigenvalue weighted by atomic mass is 79.9. The molecule has 2 heterocycles. The van der Waals surface area contributed by atoms with Crippen molar-refractivity contribution >= 4 is 49.1 Å². The van der Waals surface area contributed by atoms with Gasteiger partial charge in [0.15, 0.2) is 0 Å². The van der Waals surface area contributed by atoms with Crippen molar-refractivity contribution in [2.45, 2.75) is 23.8 Å². The summed E-state index contributed by atoms with van der Waals surface area (Å²) in [4.78, 5) is 8.70. The van der Waals surface area contributed by atoms with E-state index >= 15 is 0 Å². The first-order valence-electron chi connectivity index (χ1n) is 8.90. The van der Waals surface area contributed by atoms with Gasteiger partial charge in [-0.15, -0.1) is 0 Å². The molecule has 1 fully saturated rings. The molecule has 0 amide bonds. The maximum Gasteiger partial charge on any atom is 0.141 e. The van der Waals surface area contributed by atoms with Gasteiger partial charge < -0.3 is 10.1 Å². The zero-order valence-electron chi connectivity index (χ0n) is 14.7. The van der Waals surface area contributed by atoms with Gasteiger partial charge >= 0.3 is 0 Å². The molecule has 2 aromatic carbocycles. The number of hydrogen-bond donors (Lipinski definition) is 1. The molecule has 0 spiro atoms. The molecule has 0 radical (unpaired) electrons. The van der Waals surface area contributed by atoms with Gasteiger partial charge in [-0.05, 0) is 48.7 Å². The molecule has 5 nitrogen and oxygen atoms in total. The minimum Gasteiger partial charge on any atom is -0.381 e. The molecule has 1 aromatic heterocycles. The number of nitrogens with zero attached hydrogens (tertiary/aromatic N) is 2. The molecule has 0 aliphatic carbocycles. The van der Waals surface area contributed by atoms with E-state index in [1.54, 1.807) is 6.33 Å². The molecule has 1 saturated heterocycles. The number of halogens is 1. The van der Waals surface area contributed by atoms with E-state index in [0.29, 0.717) is 19.0 Å². The Morgan fingerprint density at radius 3 is 2.85 bits per heavy atom. The minimum atomic E-state index is -0.877. The molecule has 27 heavy (non-hydrogen) atoms. The average molecular weight is 446 g/mol. The van der Waals surface area contributed by atoms with E-state index in [4.69, 9.17) is 4.74 Å². The summed E-state index contributed by atoms with van der Waals surface area (Å²) in [5.74, 6) is 1.32. The van der Waals surface area contributed by atoms with E-state index in [1.165, 1.54) is 0 Å². The van der Waals surface area contributed by atoms with Crippen LogP contribution < -0.4 is 5.32 Å². The maximum atomic E-state index is 12.7. The lowest BCUT2D eigenvalue weighted by Gasteiger charge is -2.21.